The largest absolute Gasteiger partial charge is 0.484 e. The third-order valence-electron chi connectivity index (χ3n) is 4.71. The van der Waals surface area contributed by atoms with Gasteiger partial charge in [0.1, 0.15) is 11.4 Å². The lowest BCUT2D eigenvalue weighted by molar-refractivity contribution is -0.385. The number of anilines is 1. The maximum Gasteiger partial charge on any atom is 0.286 e. The van der Waals surface area contributed by atoms with Gasteiger partial charge in [-0.3, -0.25) is 19.3 Å². The molecule has 0 aliphatic heterocycles. The van der Waals surface area contributed by atoms with Gasteiger partial charge >= 0.3 is 0 Å². The predicted octanol–water partition coefficient (Wildman–Crippen LogP) is 4.89. The van der Waals surface area contributed by atoms with Crippen molar-refractivity contribution in [3.05, 3.63) is 87.7 Å². The van der Waals surface area contributed by atoms with Crippen LogP contribution in [0.25, 0.3) is 16.9 Å². The minimum Gasteiger partial charge on any atom is -0.484 e. The number of halogens is 1. The smallest absolute Gasteiger partial charge is 0.286 e. The van der Waals surface area contributed by atoms with Gasteiger partial charge in [0.15, 0.2) is 6.61 Å². The quantitative estimate of drug-likeness (QED) is 0.342. The highest BCUT2D eigenvalue weighted by molar-refractivity contribution is 6.31. The number of nitro groups is 1. The molecule has 0 atom stereocenters. The lowest BCUT2D eigenvalue weighted by Gasteiger charge is -2.10. The number of aromatic nitrogens is 2. The van der Waals surface area contributed by atoms with Crippen LogP contribution in [0.5, 0.6) is 5.75 Å². The number of rotatable bonds is 6. The van der Waals surface area contributed by atoms with E-state index >= 15 is 0 Å². The highest BCUT2D eigenvalue weighted by atomic mass is 35.5. The van der Waals surface area contributed by atoms with Crippen LogP contribution in [0.4, 0.5) is 11.4 Å². The van der Waals surface area contributed by atoms with Crippen molar-refractivity contribution in [3.63, 3.8) is 0 Å². The van der Waals surface area contributed by atoms with Crippen molar-refractivity contribution >= 4 is 34.5 Å². The molecular weight excluding hydrogens is 420 g/mol. The van der Waals surface area contributed by atoms with E-state index in [0.29, 0.717) is 27.8 Å². The van der Waals surface area contributed by atoms with Gasteiger partial charge < -0.3 is 10.1 Å². The topological polar surface area (TPSA) is 98.8 Å². The number of fused-ring (bicyclic) bond motifs is 1. The Kier molecular flexibility index (Phi) is 5.55. The van der Waals surface area contributed by atoms with Crippen molar-refractivity contribution in [1.29, 1.82) is 0 Å². The van der Waals surface area contributed by atoms with Gasteiger partial charge in [-0.25, -0.2) is 4.98 Å². The fourth-order valence-corrected chi connectivity index (χ4v) is 3.20. The van der Waals surface area contributed by atoms with E-state index in [4.69, 9.17) is 16.3 Å². The SMILES string of the molecule is Cc1c(Cl)cccc1NC(=O)COc1ccc(-c2cn3cc([N+](=O)[O-])ccc3n2)cc1. The summed E-state index contributed by atoms with van der Waals surface area (Å²) in [5.41, 5.74) is 3.52. The number of benzene rings is 2. The minimum atomic E-state index is -0.449. The minimum absolute atomic E-state index is 0.00792. The number of ether oxygens (including phenoxy) is 1. The molecule has 0 saturated carbocycles. The van der Waals surface area contributed by atoms with E-state index in [1.807, 2.05) is 19.1 Å². The number of imidazole rings is 1. The Morgan fingerprint density at radius 2 is 1.94 bits per heavy atom. The summed E-state index contributed by atoms with van der Waals surface area (Å²) in [6, 6.07) is 15.4. The molecule has 1 N–H and O–H groups in total. The molecule has 2 aromatic heterocycles. The third kappa shape index (κ3) is 4.49. The van der Waals surface area contributed by atoms with Gasteiger partial charge in [0, 0.05) is 28.5 Å². The van der Waals surface area contributed by atoms with Crippen molar-refractivity contribution in [3.8, 4) is 17.0 Å². The fourth-order valence-electron chi connectivity index (χ4n) is 3.03. The first-order valence-corrected chi connectivity index (χ1v) is 9.70. The fraction of sp³-hybridized carbons (Fsp3) is 0.0909. The predicted molar refractivity (Wildman–Crippen MR) is 118 cm³/mol. The molecule has 0 radical (unpaired) electrons. The third-order valence-corrected chi connectivity index (χ3v) is 5.12. The van der Waals surface area contributed by atoms with Gasteiger partial charge in [-0.05, 0) is 55.0 Å². The van der Waals surface area contributed by atoms with Crippen LogP contribution >= 0.6 is 11.6 Å². The van der Waals surface area contributed by atoms with Gasteiger partial charge in [-0.15, -0.1) is 0 Å². The number of carbonyl (C=O) groups excluding carboxylic acids is 1. The summed E-state index contributed by atoms with van der Waals surface area (Å²) in [6.07, 6.45) is 3.14. The monoisotopic (exact) mass is 436 g/mol. The number of carbonyl (C=O) groups is 1. The molecule has 4 aromatic rings. The first kappa shape index (κ1) is 20.4. The van der Waals surface area contributed by atoms with Gasteiger partial charge in [-0.2, -0.15) is 0 Å². The van der Waals surface area contributed by atoms with Crippen LogP contribution in [0.3, 0.4) is 0 Å². The Balaban J connectivity index is 1.41. The van der Waals surface area contributed by atoms with Crippen LogP contribution in [0.2, 0.25) is 5.02 Å². The number of nitrogens with zero attached hydrogens (tertiary/aromatic N) is 3. The van der Waals surface area contributed by atoms with Gasteiger partial charge in [0.25, 0.3) is 11.6 Å². The van der Waals surface area contributed by atoms with Crippen LogP contribution in [0, 0.1) is 17.0 Å². The average molecular weight is 437 g/mol. The highest BCUT2D eigenvalue weighted by Crippen LogP contribution is 2.25. The molecule has 31 heavy (non-hydrogen) atoms. The molecule has 4 rings (SSSR count). The van der Waals surface area contributed by atoms with E-state index in [2.05, 4.69) is 10.3 Å². The van der Waals surface area contributed by atoms with Crippen LogP contribution in [0.1, 0.15) is 5.56 Å². The molecule has 0 spiro atoms. The van der Waals surface area contributed by atoms with Crippen LogP contribution in [0.15, 0.2) is 67.0 Å². The van der Waals surface area contributed by atoms with Gasteiger partial charge in [-0.1, -0.05) is 17.7 Å². The summed E-state index contributed by atoms with van der Waals surface area (Å²) in [5, 5.41) is 14.3. The molecular formula is C22H17ClN4O4. The van der Waals surface area contributed by atoms with E-state index in [1.54, 1.807) is 47.0 Å². The van der Waals surface area contributed by atoms with E-state index in [0.717, 1.165) is 11.1 Å². The number of hydrogen-bond donors (Lipinski definition) is 1. The molecule has 0 unspecified atom stereocenters. The molecule has 156 valence electrons. The second-order valence-corrected chi connectivity index (χ2v) is 7.22. The molecule has 9 heteroatoms. The first-order valence-electron chi connectivity index (χ1n) is 9.32. The molecule has 0 aliphatic rings. The van der Waals surface area contributed by atoms with Crippen molar-refractivity contribution < 1.29 is 14.5 Å². The molecule has 8 nitrogen and oxygen atoms in total. The van der Waals surface area contributed by atoms with E-state index in [1.165, 1.54) is 12.3 Å². The van der Waals surface area contributed by atoms with Gasteiger partial charge in [0.2, 0.25) is 0 Å². The van der Waals surface area contributed by atoms with Crippen LogP contribution in [-0.2, 0) is 4.79 Å². The summed E-state index contributed by atoms with van der Waals surface area (Å²) in [7, 11) is 0. The summed E-state index contributed by atoms with van der Waals surface area (Å²) >= 11 is 6.06. The maximum atomic E-state index is 12.2. The molecule has 2 heterocycles. The summed E-state index contributed by atoms with van der Waals surface area (Å²) in [4.78, 5) is 27.1. The molecule has 0 bridgehead atoms. The Labute approximate surface area is 182 Å². The Morgan fingerprint density at radius 1 is 1.16 bits per heavy atom. The molecule has 0 saturated heterocycles. The highest BCUT2D eigenvalue weighted by Gasteiger charge is 2.11. The number of amides is 1. The van der Waals surface area contributed by atoms with E-state index in [9.17, 15) is 14.9 Å². The summed E-state index contributed by atoms with van der Waals surface area (Å²) < 4.78 is 7.17. The lowest BCUT2D eigenvalue weighted by Crippen LogP contribution is -2.20. The molecule has 0 fully saturated rings. The van der Waals surface area contributed by atoms with Crippen LogP contribution in [-0.4, -0.2) is 26.8 Å². The Morgan fingerprint density at radius 3 is 2.68 bits per heavy atom. The average Bonchev–Trinajstić information content (AvgIpc) is 3.19. The van der Waals surface area contributed by atoms with Crippen molar-refractivity contribution in [1.82, 2.24) is 9.38 Å². The van der Waals surface area contributed by atoms with Crippen molar-refractivity contribution in [2.75, 3.05) is 11.9 Å². The number of pyridine rings is 1. The second-order valence-electron chi connectivity index (χ2n) is 6.81. The zero-order chi connectivity index (χ0) is 22.0. The van der Waals surface area contributed by atoms with E-state index in [-0.39, 0.29) is 18.2 Å². The van der Waals surface area contributed by atoms with E-state index < -0.39 is 4.92 Å². The van der Waals surface area contributed by atoms with Crippen molar-refractivity contribution in [2.24, 2.45) is 0 Å². The Bertz CT molecular complexity index is 1280. The molecule has 0 aliphatic carbocycles. The standard InChI is InChI=1S/C22H17ClN4O4/c1-14-18(23)3-2-4-19(14)25-22(28)13-31-17-8-5-15(6-9-17)20-12-26-11-16(27(29)30)7-10-21(26)24-20/h2-12H,13H2,1H3,(H,25,28). The molecule has 1 amide bonds. The zero-order valence-corrected chi connectivity index (χ0v) is 17.2. The van der Waals surface area contributed by atoms with Crippen LogP contribution < -0.4 is 10.1 Å². The Hall–Kier alpha value is -3.91. The second kappa shape index (κ2) is 8.45. The zero-order valence-electron chi connectivity index (χ0n) is 16.4. The lowest BCUT2D eigenvalue weighted by atomic mass is 10.2. The summed E-state index contributed by atoms with van der Waals surface area (Å²) in [6.45, 7) is 1.68. The number of hydrogen-bond acceptors (Lipinski definition) is 5. The number of nitrogens with one attached hydrogen (secondary N) is 1. The molecule has 2 aromatic carbocycles. The maximum absolute atomic E-state index is 12.2. The van der Waals surface area contributed by atoms with Gasteiger partial charge in [0.05, 0.1) is 16.8 Å². The van der Waals surface area contributed by atoms with Crippen molar-refractivity contribution in [2.45, 2.75) is 6.92 Å². The summed E-state index contributed by atoms with van der Waals surface area (Å²) in [5.74, 6) is 0.234. The first-order chi connectivity index (χ1) is 14.9. The normalized spacial score (nSPS) is 10.8.